The van der Waals surface area contributed by atoms with E-state index in [-0.39, 0.29) is 5.91 Å². The van der Waals surface area contributed by atoms with Crippen LogP contribution >= 0.6 is 11.6 Å². The molecule has 5 nitrogen and oxygen atoms in total. The van der Waals surface area contributed by atoms with Crippen LogP contribution in [0.4, 0.5) is 5.69 Å². The number of anilines is 1. The lowest BCUT2D eigenvalue weighted by atomic mass is 9.78. The van der Waals surface area contributed by atoms with Gasteiger partial charge >= 0.3 is 0 Å². The normalized spacial score (nSPS) is 21.3. The molecule has 23 heavy (non-hydrogen) atoms. The third-order valence-electron chi connectivity index (χ3n) is 5.05. The molecule has 2 N–H and O–H groups in total. The first-order valence-electron chi connectivity index (χ1n) is 8.23. The van der Waals surface area contributed by atoms with Gasteiger partial charge in [-0.05, 0) is 25.0 Å². The number of piperazine rings is 1. The molecule has 2 aliphatic heterocycles. The average molecular weight is 338 g/mol. The van der Waals surface area contributed by atoms with Crippen molar-refractivity contribution in [1.82, 2.24) is 4.90 Å². The molecule has 0 aromatic heterocycles. The zero-order valence-electron chi connectivity index (χ0n) is 13.3. The van der Waals surface area contributed by atoms with Gasteiger partial charge in [0.25, 0.3) is 0 Å². The summed E-state index contributed by atoms with van der Waals surface area (Å²) in [7, 11) is 0. The zero-order chi connectivity index (χ0) is 16.3. The number of rotatable bonds is 3. The summed E-state index contributed by atoms with van der Waals surface area (Å²) in [5.41, 5.74) is 6.57. The smallest absolute Gasteiger partial charge is 0.230 e. The third kappa shape index (κ3) is 3.32. The summed E-state index contributed by atoms with van der Waals surface area (Å²) in [6, 6.07) is 7.85. The van der Waals surface area contributed by atoms with E-state index < -0.39 is 5.41 Å². The van der Waals surface area contributed by atoms with Crippen LogP contribution in [0.5, 0.6) is 0 Å². The highest BCUT2D eigenvalue weighted by atomic mass is 35.5. The molecule has 1 amide bonds. The molecule has 0 radical (unpaired) electrons. The SMILES string of the molecule is NCC1(C(=O)N2CCN(c3ccccc3Cl)CC2)CCOCC1. The topological polar surface area (TPSA) is 58.8 Å². The Balaban J connectivity index is 1.64. The van der Waals surface area contributed by atoms with Crippen LogP contribution in [0.15, 0.2) is 24.3 Å². The van der Waals surface area contributed by atoms with Crippen LogP contribution in [0.25, 0.3) is 0 Å². The van der Waals surface area contributed by atoms with Crippen molar-refractivity contribution in [3.05, 3.63) is 29.3 Å². The number of halogens is 1. The van der Waals surface area contributed by atoms with Crippen molar-refractivity contribution >= 4 is 23.2 Å². The monoisotopic (exact) mass is 337 g/mol. The molecule has 2 aliphatic rings. The number of hydrogen-bond donors (Lipinski definition) is 1. The largest absolute Gasteiger partial charge is 0.381 e. The molecule has 6 heteroatoms. The molecule has 0 aliphatic carbocycles. The Labute approximate surface area is 142 Å². The van der Waals surface area contributed by atoms with Gasteiger partial charge in [-0.3, -0.25) is 4.79 Å². The first-order valence-corrected chi connectivity index (χ1v) is 8.61. The quantitative estimate of drug-likeness (QED) is 0.912. The second-order valence-electron chi connectivity index (χ2n) is 6.33. The minimum absolute atomic E-state index is 0.196. The highest BCUT2D eigenvalue weighted by Crippen LogP contribution is 2.33. The summed E-state index contributed by atoms with van der Waals surface area (Å²) in [6.07, 6.45) is 1.46. The second kappa shape index (κ2) is 7.07. The number of carbonyl (C=O) groups is 1. The van der Waals surface area contributed by atoms with Crippen LogP contribution in [0.1, 0.15) is 12.8 Å². The minimum atomic E-state index is -0.426. The molecule has 126 valence electrons. The number of nitrogens with two attached hydrogens (primary N) is 1. The summed E-state index contributed by atoms with van der Waals surface area (Å²) in [4.78, 5) is 17.2. The lowest BCUT2D eigenvalue weighted by Gasteiger charge is -2.42. The van der Waals surface area contributed by atoms with Crippen molar-refractivity contribution in [2.75, 3.05) is 50.8 Å². The number of ether oxygens (including phenoxy) is 1. The van der Waals surface area contributed by atoms with Gasteiger partial charge < -0.3 is 20.3 Å². The third-order valence-corrected chi connectivity index (χ3v) is 5.37. The fourth-order valence-corrected chi connectivity index (χ4v) is 3.72. The number of nitrogens with zero attached hydrogens (tertiary/aromatic N) is 2. The van der Waals surface area contributed by atoms with Gasteiger partial charge in [0, 0.05) is 45.9 Å². The summed E-state index contributed by atoms with van der Waals surface area (Å²) >= 11 is 6.27. The summed E-state index contributed by atoms with van der Waals surface area (Å²) in [5.74, 6) is 0.196. The van der Waals surface area contributed by atoms with E-state index in [2.05, 4.69) is 4.90 Å². The molecule has 0 bridgehead atoms. The molecular weight excluding hydrogens is 314 g/mol. The number of carbonyl (C=O) groups excluding carboxylic acids is 1. The average Bonchev–Trinajstić information content (AvgIpc) is 2.62. The standard InChI is InChI=1S/C17H24ClN3O2/c18-14-3-1-2-4-15(14)20-7-9-21(10-8-20)16(22)17(13-19)5-11-23-12-6-17/h1-4H,5-13,19H2. The Morgan fingerprint density at radius 2 is 1.83 bits per heavy atom. The molecule has 0 saturated carbocycles. The Morgan fingerprint density at radius 1 is 1.17 bits per heavy atom. The van der Waals surface area contributed by atoms with E-state index in [1.54, 1.807) is 0 Å². The fourth-order valence-electron chi connectivity index (χ4n) is 3.46. The van der Waals surface area contributed by atoms with E-state index in [0.29, 0.717) is 32.8 Å². The molecule has 0 unspecified atom stereocenters. The molecule has 2 saturated heterocycles. The van der Waals surface area contributed by atoms with E-state index in [9.17, 15) is 4.79 Å². The predicted molar refractivity (Wildman–Crippen MR) is 91.8 cm³/mol. The predicted octanol–water partition coefficient (Wildman–Crippen LogP) is 1.74. The van der Waals surface area contributed by atoms with E-state index in [4.69, 9.17) is 22.1 Å². The maximum absolute atomic E-state index is 13.0. The van der Waals surface area contributed by atoms with Gasteiger partial charge in [0.2, 0.25) is 5.91 Å². The molecule has 0 atom stereocenters. The van der Waals surface area contributed by atoms with Crippen LogP contribution in [0, 0.1) is 5.41 Å². The van der Waals surface area contributed by atoms with Gasteiger partial charge in [-0.15, -0.1) is 0 Å². The summed E-state index contributed by atoms with van der Waals surface area (Å²) < 4.78 is 5.40. The Morgan fingerprint density at radius 3 is 2.43 bits per heavy atom. The lowest BCUT2D eigenvalue weighted by Crippen LogP contribution is -2.56. The maximum Gasteiger partial charge on any atom is 0.230 e. The molecular formula is C17H24ClN3O2. The van der Waals surface area contributed by atoms with Gasteiger partial charge in [0.1, 0.15) is 0 Å². The molecule has 1 aromatic carbocycles. The second-order valence-corrected chi connectivity index (χ2v) is 6.73. The number of amides is 1. The molecule has 0 spiro atoms. The molecule has 2 fully saturated rings. The van der Waals surface area contributed by atoms with E-state index in [0.717, 1.165) is 36.6 Å². The first kappa shape index (κ1) is 16.6. The first-order chi connectivity index (χ1) is 11.2. The van der Waals surface area contributed by atoms with E-state index in [1.807, 2.05) is 29.2 Å². The highest BCUT2D eigenvalue weighted by Gasteiger charge is 2.42. The Kier molecular flexibility index (Phi) is 5.09. The lowest BCUT2D eigenvalue weighted by molar-refractivity contribution is -0.147. The number of benzene rings is 1. The number of hydrogen-bond acceptors (Lipinski definition) is 4. The minimum Gasteiger partial charge on any atom is -0.381 e. The fraction of sp³-hybridized carbons (Fsp3) is 0.588. The number of para-hydroxylation sites is 1. The summed E-state index contributed by atoms with van der Waals surface area (Å²) in [6.45, 7) is 4.68. The van der Waals surface area contributed by atoms with Gasteiger partial charge in [-0.2, -0.15) is 0 Å². The Bertz CT molecular complexity index is 553. The van der Waals surface area contributed by atoms with Crippen molar-refractivity contribution < 1.29 is 9.53 Å². The van der Waals surface area contributed by atoms with Crippen LogP contribution < -0.4 is 10.6 Å². The van der Waals surface area contributed by atoms with Gasteiger partial charge in [0.05, 0.1) is 16.1 Å². The zero-order valence-corrected chi connectivity index (χ0v) is 14.1. The van der Waals surface area contributed by atoms with Gasteiger partial charge in [-0.1, -0.05) is 23.7 Å². The van der Waals surface area contributed by atoms with Crippen molar-refractivity contribution in [3.63, 3.8) is 0 Å². The maximum atomic E-state index is 13.0. The van der Waals surface area contributed by atoms with Gasteiger partial charge in [0.15, 0.2) is 0 Å². The van der Waals surface area contributed by atoms with E-state index >= 15 is 0 Å². The summed E-state index contributed by atoms with van der Waals surface area (Å²) in [5, 5.41) is 0.759. The molecule has 1 aromatic rings. The molecule has 2 heterocycles. The van der Waals surface area contributed by atoms with Crippen LogP contribution in [0.2, 0.25) is 5.02 Å². The van der Waals surface area contributed by atoms with Crippen LogP contribution in [0.3, 0.4) is 0 Å². The Hall–Kier alpha value is -1.30. The van der Waals surface area contributed by atoms with E-state index in [1.165, 1.54) is 0 Å². The van der Waals surface area contributed by atoms with Crippen molar-refractivity contribution in [2.45, 2.75) is 12.8 Å². The van der Waals surface area contributed by atoms with Crippen LogP contribution in [-0.4, -0.2) is 56.7 Å². The van der Waals surface area contributed by atoms with Crippen molar-refractivity contribution in [1.29, 1.82) is 0 Å². The highest BCUT2D eigenvalue weighted by molar-refractivity contribution is 6.33. The van der Waals surface area contributed by atoms with Crippen LogP contribution in [-0.2, 0) is 9.53 Å². The van der Waals surface area contributed by atoms with Crippen molar-refractivity contribution in [3.8, 4) is 0 Å². The molecule has 3 rings (SSSR count). The van der Waals surface area contributed by atoms with Gasteiger partial charge in [-0.25, -0.2) is 0 Å². The van der Waals surface area contributed by atoms with Crippen molar-refractivity contribution in [2.24, 2.45) is 11.1 Å².